The third kappa shape index (κ3) is 9.12. The zero-order valence-electron chi connectivity index (χ0n) is 40.1. The van der Waals surface area contributed by atoms with Gasteiger partial charge in [0.2, 0.25) is 0 Å². The van der Waals surface area contributed by atoms with Crippen LogP contribution in [-0.4, -0.2) is 32.6 Å². The van der Waals surface area contributed by atoms with Crippen molar-refractivity contribution in [2.75, 3.05) is 0 Å². The second kappa shape index (κ2) is 19.4. The molecule has 6 nitrogen and oxygen atoms in total. The van der Waals surface area contributed by atoms with Gasteiger partial charge in [-0.3, -0.25) is 15.0 Å². The molecule has 339 valence electrons. The van der Waals surface area contributed by atoms with Gasteiger partial charge in [-0.2, -0.15) is 0 Å². The van der Waals surface area contributed by atoms with Gasteiger partial charge in [-0.25, -0.2) is 0 Å². The van der Waals surface area contributed by atoms with Crippen molar-refractivity contribution in [3.05, 3.63) is 155 Å². The van der Waals surface area contributed by atoms with E-state index in [1.165, 1.54) is 54.4 Å². The smallest absolute Gasteiger partial charge is 0.142 e. The van der Waals surface area contributed by atoms with Crippen molar-refractivity contribution in [2.24, 2.45) is 5.92 Å². The van der Waals surface area contributed by atoms with Crippen LogP contribution in [-0.2, 0) is 26.5 Å². The summed E-state index contributed by atoms with van der Waals surface area (Å²) in [5.41, 5.74) is 17.1. The van der Waals surface area contributed by atoms with Crippen LogP contribution in [0.2, 0.25) is 19.6 Å². The topological polar surface area (TPSA) is 69.6 Å². The average Bonchev–Trinajstić information content (AvgIpc) is 4.06. The van der Waals surface area contributed by atoms with Crippen molar-refractivity contribution >= 4 is 46.2 Å². The Labute approximate surface area is 405 Å². The summed E-state index contributed by atoms with van der Waals surface area (Å²) in [6.45, 7) is 22.5. The van der Waals surface area contributed by atoms with Crippen LogP contribution in [0.3, 0.4) is 0 Å². The van der Waals surface area contributed by atoms with Crippen molar-refractivity contribution < 1.29 is 24.5 Å². The second-order valence-electron chi connectivity index (χ2n) is 19.7. The average molecular weight is 1060 g/mol. The zero-order chi connectivity index (χ0) is 45.6. The minimum Gasteiger partial charge on any atom is -0.499 e. The molecule has 0 unspecified atom stereocenters. The second-order valence-corrected chi connectivity index (χ2v) is 24.8. The number of furan rings is 1. The molecule has 0 N–H and O–H groups in total. The molecule has 0 saturated heterocycles. The Morgan fingerprint density at radius 1 is 0.758 bits per heavy atom. The van der Waals surface area contributed by atoms with Crippen LogP contribution in [0, 0.1) is 38.8 Å². The van der Waals surface area contributed by atoms with Gasteiger partial charge in [-0.1, -0.05) is 133 Å². The number of pyridine rings is 3. The first-order valence-electron chi connectivity index (χ1n) is 23.5. The molecular formula is C58H61IrN5OSi-2. The number of fused-ring (bicyclic) bond motifs is 4. The molecule has 0 aliphatic heterocycles. The Morgan fingerprint density at radius 2 is 1.44 bits per heavy atom. The number of benzene rings is 4. The van der Waals surface area contributed by atoms with E-state index >= 15 is 0 Å². The summed E-state index contributed by atoms with van der Waals surface area (Å²) >= 11 is 0. The van der Waals surface area contributed by atoms with Crippen LogP contribution in [0.4, 0.5) is 0 Å². The normalized spacial score (nSPS) is 13.2. The van der Waals surface area contributed by atoms with Crippen LogP contribution in [0.25, 0.3) is 72.4 Å². The van der Waals surface area contributed by atoms with Crippen molar-refractivity contribution in [2.45, 2.75) is 112 Å². The quantitative estimate of drug-likeness (QED) is 0.106. The maximum Gasteiger partial charge on any atom is 0.142 e. The molecule has 10 rings (SSSR count). The maximum atomic E-state index is 6.64. The molecule has 0 amide bonds. The molecule has 0 atom stereocenters. The standard InChI is InChI=1S/C38H35N4O.C20H26NSi.Ir/c1-21(2)30-19-27(26-11-9-8-10-12-26)20-31(22(3)4)35(30)42-34-24(6)39-18-16-32(34)41-38(42)29-14-13-23(5)33-28-15-17-40-25(7)36(28)43-37(29)33;1-22(2,3)20-15-21-19(17-11-5-4-6-12-17)14-18(20)13-16-9-7-8-10-16;/h8-13,15-22H,1-7H3;4-6,11,14-16H,7-10,13H2,1-3H3;/q2*-1;. The Kier molecular flexibility index (Phi) is 13.8. The summed E-state index contributed by atoms with van der Waals surface area (Å²) in [6, 6.07) is 38.9. The largest absolute Gasteiger partial charge is 0.499 e. The molecule has 1 radical (unpaired) electrons. The van der Waals surface area contributed by atoms with Crippen LogP contribution in [0.15, 0.2) is 114 Å². The fourth-order valence-corrected chi connectivity index (χ4v) is 11.5. The van der Waals surface area contributed by atoms with Crippen LogP contribution in [0.5, 0.6) is 0 Å². The Morgan fingerprint density at radius 3 is 2.11 bits per heavy atom. The van der Waals surface area contributed by atoms with Gasteiger partial charge >= 0.3 is 0 Å². The van der Waals surface area contributed by atoms with Crippen molar-refractivity contribution in [1.29, 1.82) is 0 Å². The van der Waals surface area contributed by atoms with Gasteiger partial charge in [0.25, 0.3) is 0 Å². The van der Waals surface area contributed by atoms with E-state index in [-0.39, 0.29) is 31.9 Å². The molecule has 4 aromatic carbocycles. The minimum atomic E-state index is -1.35. The Hall–Kier alpha value is -5.53. The summed E-state index contributed by atoms with van der Waals surface area (Å²) < 4.78 is 8.97. The monoisotopic (exact) mass is 1060 g/mol. The van der Waals surface area contributed by atoms with E-state index in [2.05, 4.69) is 156 Å². The molecule has 1 fully saturated rings. The van der Waals surface area contributed by atoms with Gasteiger partial charge < -0.3 is 14.0 Å². The number of aromatic nitrogens is 5. The fraction of sp³-hybridized carbons (Fsp3) is 0.310. The predicted molar refractivity (Wildman–Crippen MR) is 273 cm³/mol. The third-order valence-corrected chi connectivity index (χ3v) is 15.4. The van der Waals surface area contributed by atoms with Crippen molar-refractivity contribution in [3.8, 4) is 39.5 Å². The number of hydrogen-bond acceptors (Lipinski definition) is 5. The Bertz CT molecular complexity index is 3130. The summed E-state index contributed by atoms with van der Waals surface area (Å²) in [6.07, 6.45) is 12.7. The van der Waals surface area contributed by atoms with E-state index in [1.54, 1.807) is 10.8 Å². The summed E-state index contributed by atoms with van der Waals surface area (Å²) in [5, 5.41) is 3.68. The minimum absolute atomic E-state index is 0. The van der Waals surface area contributed by atoms with E-state index < -0.39 is 8.07 Å². The third-order valence-electron chi connectivity index (χ3n) is 13.3. The molecule has 5 aromatic heterocycles. The van der Waals surface area contributed by atoms with Crippen LogP contribution >= 0.6 is 0 Å². The van der Waals surface area contributed by atoms with Gasteiger partial charge in [0, 0.05) is 49.8 Å². The van der Waals surface area contributed by atoms with Gasteiger partial charge in [-0.05, 0) is 95.4 Å². The molecule has 9 aromatic rings. The molecular weight excluding hydrogens is 1000 g/mol. The Balaban J connectivity index is 0.000000217. The first-order chi connectivity index (χ1) is 31.3. The number of imidazole rings is 1. The number of aryl methyl sites for hydroxylation is 3. The number of hydrogen-bond donors (Lipinski definition) is 0. The summed E-state index contributed by atoms with van der Waals surface area (Å²) in [5.74, 6) is 2.21. The molecule has 1 saturated carbocycles. The van der Waals surface area contributed by atoms with E-state index in [9.17, 15) is 0 Å². The predicted octanol–water partition coefficient (Wildman–Crippen LogP) is 14.8. The van der Waals surface area contributed by atoms with E-state index in [1.807, 2.05) is 43.6 Å². The van der Waals surface area contributed by atoms with Gasteiger partial charge in [0.1, 0.15) is 5.58 Å². The van der Waals surface area contributed by atoms with Crippen LogP contribution in [0.1, 0.15) is 98.9 Å². The maximum absolute atomic E-state index is 6.64. The molecule has 0 spiro atoms. The molecule has 8 heteroatoms. The molecule has 66 heavy (non-hydrogen) atoms. The van der Waals surface area contributed by atoms with E-state index in [0.29, 0.717) is 0 Å². The van der Waals surface area contributed by atoms with Gasteiger partial charge in [0.05, 0.1) is 41.9 Å². The number of nitrogens with zero attached hydrogens (tertiary/aromatic N) is 5. The van der Waals surface area contributed by atoms with Crippen molar-refractivity contribution in [3.63, 3.8) is 0 Å². The molecule has 1 aliphatic carbocycles. The molecule has 1 aliphatic rings. The van der Waals surface area contributed by atoms with Gasteiger partial charge in [-0.15, -0.1) is 53.6 Å². The van der Waals surface area contributed by atoms with E-state index in [4.69, 9.17) is 19.4 Å². The zero-order valence-corrected chi connectivity index (χ0v) is 43.5. The summed E-state index contributed by atoms with van der Waals surface area (Å²) in [7, 11) is -1.35. The fourth-order valence-electron chi connectivity index (χ4n) is 9.96. The first kappa shape index (κ1) is 47.0. The molecule has 0 bridgehead atoms. The van der Waals surface area contributed by atoms with Gasteiger partial charge in [0.15, 0.2) is 0 Å². The molecule has 5 heterocycles. The van der Waals surface area contributed by atoms with Crippen LogP contribution < -0.4 is 5.19 Å². The SMILES string of the molecule is C[Si](C)(C)c1cnc(-c2[c-]cccc2)cc1CC1CCCC1.Cc1nccc2c1oc1c(-c3nc4ccnc(C)c4n3-c3c(C(C)C)cc(-c4ccccc4)cc3C(C)C)[c-]cc(C)c12.[Ir]. The van der Waals surface area contributed by atoms with E-state index in [0.717, 1.165) is 84.2 Å². The first-order valence-corrected chi connectivity index (χ1v) is 27.0. The summed E-state index contributed by atoms with van der Waals surface area (Å²) in [4.78, 5) is 19.3. The van der Waals surface area contributed by atoms with Crippen molar-refractivity contribution in [1.82, 2.24) is 24.5 Å². The number of rotatable bonds is 9.